The molecular formula is C11H15FN2O2S3. The summed E-state index contributed by atoms with van der Waals surface area (Å²) in [5, 5.41) is 0. The summed E-state index contributed by atoms with van der Waals surface area (Å²) in [6.07, 6.45) is 1.88. The molecule has 3 N–H and O–H groups in total. The Labute approximate surface area is 122 Å². The van der Waals surface area contributed by atoms with Crippen LogP contribution in [0.4, 0.5) is 4.39 Å². The van der Waals surface area contributed by atoms with Gasteiger partial charge < -0.3 is 5.73 Å². The van der Waals surface area contributed by atoms with Crippen molar-refractivity contribution in [3.8, 4) is 0 Å². The van der Waals surface area contributed by atoms with Crippen LogP contribution in [0.5, 0.6) is 0 Å². The number of rotatable bonds is 6. The average molecular weight is 322 g/mol. The van der Waals surface area contributed by atoms with Gasteiger partial charge in [-0.1, -0.05) is 12.2 Å². The van der Waals surface area contributed by atoms with Gasteiger partial charge in [0.15, 0.2) is 0 Å². The van der Waals surface area contributed by atoms with Crippen LogP contribution in [0.2, 0.25) is 0 Å². The summed E-state index contributed by atoms with van der Waals surface area (Å²) < 4.78 is 40.1. The average Bonchev–Trinajstić information content (AvgIpc) is 2.28. The second-order valence-electron chi connectivity index (χ2n) is 3.98. The maximum absolute atomic E-state index is 13.4. The van der Waals surface area contributed by atoms with Gasteiger partial charge in [-0.15, -0.1) is 0 Å². The lowest BCUT2D eigenvalue weighted by atomic mass is 10.2. The summed E-state index contributed by atoms with van der Waals surface area (Å²) in [5.74, 6) is 0.00591. The van der Waals surface area contributed by atoms with Gasteiger partial charge in [-0.2, -0.15) is 11.8 Å². The number of benzene rings is 1. The molecule has 1 atom stereocenters. The summed E-state index contributed by atoms with van der Waals surface area (Å²) in [6.45, 7) is 1.76. The van der Waals surface area contributed by atoms with Crippen LogP contribution in [0, 0.1) is 5.82 Å². The number of hydrogen-bond donors (Lipinski definition) is 2. The van der Waals surface area contributed by atoms with Crippen molar-refractivity contribution in [1.82, 2.24) is 4.72 Å². The maximum Gasteiger partial charge on any atom is 0.240 e. The van der Waals surface area contributed by atoms with Crippen molar-refractivity contribution < 1.29 is 12.8 Å². The van der Waals surface area contributed by atoms with Gasteiger partial charge >= 0.3 is 0 Å². The van der Waals surface area contributed by atoms with E-state index in [2.05, 4.69) is 16.9 Å². The summed E-state index contributed by atoms with van der Waals surface area (Å²) in [5.41, 5.74) is 5.27. The lowest BCUT2D eigenvalue weighted by Crippen LogP contribution is -2.34. The Balaban J connectivity index is 3.08. The first kappa shape index (κ1) is 16.4. The number of thioether (sulfide) groups is 1. The molecule has 0 saturated carbocycles. The first-order valence-electron chi connectivity index (χ1n) is 5.38. The molecule has 0 amide bonds. The van der Waals surface area contributed by atoms with Crippen molar-refractivity contribution in [2.75, 3.05) is 12.0 Å². The summed E-state index contributed by atoms with van der Waals surface area (Å²) >= 11 is 6.21. The third-order valence-corrected chi connectivity index (χ3v) is 4.93. The van der Waals surface area contributed by atoms with Gasteiger partial charge in [-0.25, -0.2) is 17.5 Å². The third kappa shape index (κ3) is 4.41. The zero-order valence-electron chi connectivity index (χ0n) is 10.5. The minimum absolute atomic E-state index is 0.0512. The van der Waals surface area contributed by atoms with E-state index in [9.17, 15) is 12.8 Å². The number of thiocarbonyl (C=S) groups is 1. The van der Waals surface area contributed by atoms with E-state index in [1.54, 1.807) is 6.92 Å². The second-order valence-corrected chi connectivity index (χ2v) is 7.05. The number of nitrogens with one attached hydrogen (secondary N) is 1. The van der Waals surface area contributed by atoms with Crippen LogP contribution in [0.15, 0.2) is 23.1 Å². The van der Waals surface area contributed by atoms with Gasteiger partial charge in [-0.05, 0) is 31.4 Å². The predicted molar refractivity (Wildman–Crippen MR) is 80.5 cm³/mol. The van der Waals surface area contributed by atoms with Crippen LogP contribution in [0.1, 0.15) is 12.5 Å². The zero-order valence-corrected chi connectivity index (χ0v) is 13.0. The largest absolute Gasteiger partial charge is 0.389 e. The minimum Gasteiger partial charge on any atom is -0.389 e. The molecule has 0 heterocycles. The second kappa shape index (κ2) is 6.65. The normalized spacial score (nSPS) is 13.2. The van der Waals surface area contributed by atoms with E-state index >= 15 is 0 Å². The molecule has 1 aromatic rings. The van der Waals surface area contributed by atoms with Crippen molar-refractivity contribution in [3.63, 3.8) is 0 Å². The summed E-state index contributed by atoms with van der Waals surface area (Å²) in [6, 6.07) is 3.15. The van der Waals surface area contributed by atoms with Crippen LogP contribution in [0.25, 0.3) is 0 Å². The molecule has 0 radical (unpaired) electrons. The van der Waals surface area contributed by atoms with E-state index in [0.717, 1.165) is 12.1 Å². The van der Waals surface area contributed by atoms with Gasteiger partial charge in [0.1, 0.15) is 10.8 Å². The molecule has 0 aliphatic rings. The SMILES string of the molecule is CSCC(C)NS(=O)(=O)c1ccc(F)c(C(N)=S)c1. The standard InChI is InChI=1S/C11H15FN2O2S3/c1-7(6-18-2)14-19(15,16)8-3-4-10(12)9(5-8)11(13)17/h3-5,7,14H,6H2,1-2H3,(H2,13,17). The number of hydrogen-bond acceptors (Lipinski definition) is 4. The van der Waals surface area contributed by atoms with E-state index < -0.39 is 15.8 Å². The molecule has 1 aromatic carbocycles. The highest BCUT2D eigenvalue weighted by Gasteiger charge is 2.19. The Hall–Kier alpha value is -0.700. The quantitative estimate of drug-likeness (QED) is 0.777. The number of sulfonamides is 1. The molecule has 4 nitrogen and oxygen atoms in total. The molecular weight excluding hydrogens is 307 g/mol. The molecule has 0 aromatic heterocycles. The molecule has 1 unspecified atom stereocenters. The molecule has 1 rings (SSSR count). The highest BCUT2D eigenvalue weighted by atomic mass is 32.2. The van der Waals surface area contributed by atoms with E-state index in [0.29, 0.717) is 5.75 Å². The fourth-order valence-electron chi connectivity index (χ4n) is 1.48. The van der Waals surface area contributed by atoms with Crippen molar-refractivity contribution in [1.29, 1.82) is 0 Å². The van der Waals surface area contributed by atoms with Crippen molar-refractivity contribution in [3.05, 3.63) is 29.6 Å². The Morgan fingerprint density at radius 3 is 2.74 bits per heavy atom. The topological polar surface area (TPSA) is 72.2 Å². The lowest BCUT2D eigenvalue weighted by molar-refractivity contribution is 0.570. The van der Waals surface area contributed by atoms with Crippen LogP contribution >= 0.6 is 24.0 Å². The zero-order chi connectivity index (χ0) is 14.6. The third-order valence-electron chi connectivity index (χ3n) is 2.29. The van der Waals surface area contributed by atoms with Crippen LogP contribution in [-0.4, -0.2) is 31.5 Å². The Morgan fingerprint density at radius 2 is 2.21 bits per heavy atom. The first-order valence-corrected chi connectivity index (χ1v) is 8.67. The fourth-order valence-corrected chi connectivity index (χ4v) is 3.59. The van der Waals surface area contributed by atoms with E-state index in [1.165, 1.54) is 17.8 Å². The molecule has 0 saturated heterocycles. The molecule has 8 heteroatoms. The van der Waals surface area contributed by atoms with Gasteiger partial charge in [0.2, 0.25) is 10.0 Å². The smallest absolute Gasteiger partial charge is 0.240 e. The van der Waals surface area contributed by atoms with E-state index in [4.69, 9.17) is 5.73 Å². The molecule has 19 heavy (non-hydrogen) atoms. The summed E-state index contributed by atoms with van der Waals surface area (Å²) in [4.78, 5) is -0.226. The Morgan fingerprint density at radius 1 is 1.58 bits per heavy atom. The molecule has 0 spiro atoms. The maximum atomic E-state index is 13.4. The lowest BCUT2D eigenvalue weighted by Gasteiger charge is -2.13. The van der Waals surface area contributed by atoms with E-state index in [-0.39, 0.29) is 21.5 Å². The minimum atomic E-state index is -3.70. The van der Waals surface area contributed by atoms with Gasteiger partial charge in [0, 0.05) is 17.4 Å². The van der Waals surface area contributed by atoms with Crippen molar-refractivity contribution in [2.45, 2.75) is 17.9 Å². The van der Waals surface area contributed by atoms with Crippen LogP contribution in [0.3, 0.4) is 0 Å². The monoisotopic (exact) mass is 322 g/mol. The van der Waals surface area contributed by atoms with Crippen LogP contribution < -0.4 is 10.5 Å². The fraction of sp³-hybridized carbons (Fsp3) is 0.364. The molecule has 0 aliphatic heterocycles. The molecule has 0 fully saturated rings. The molecule has 0 bridgehead atoms. The molecule has 106 valence electrons. The van der Waals surface area contributed by atoms with Gasteiger partial charge in [0.05, 0.1) is 4.90 Å². The van der Waals surface area contributed by atoms with E-state index in [1.807, 2.05) is 6.26 Å². The Bertz CT molecular complexity index is 575. The number of nitrogens with two attached hydrogens (primary N) is 1. The van der Waals surface area contributed by atoms with Crippen molar-refractivity contribution >= 4 is 39.0 Å². The van der Waals surface area contributed by atoms with Crippen LogP contribution in [-0.2, 0) is 10.0 Å². The first-order chi connectivity index (χ1) is 8.77. The molecule has 0 aliphatic carbocycles. The van der Waals surface area contributed by atoms with Crippen molar-refractivity contribution in [2.24, 2.45) is 5.73 Å². The highest BCUT2D eigenvalue weighted by Crippen LogP contribution is 2.16. The van der Waals surface area contributed by atoms with Gasteiger partial charge in [0.25, 0.3) is 0 Å². The highest BCUT2D eigenvalue weighted by molar-refractivity contribution is 7.98. The number of halogens is 1. The predicted octanol–water partition coefficient (Wildman–Crippen LogP) is 1.49. The summed E-state index contributed by atoms with van der Waals surface area (Å²) in [7, 11) is -3.70. The Kier molecular flexibility index (Phi) is 5.72. The van der Waals surface area contributed by atoms with Gasteiger partial charge in [-0.3, -0.25) is 0 Å².